The van der Waals surface area contributed by atoms with Crippen molar-refractivity contribution in [1.82, 2.24) is 9.27 Å². The Labute approximate surface area is 173 Å². The zero-order valence-electron chi connectivity index (χ0n) is 16.7. The van der Waals surface area contributed by atoms with E-state index >= 15 is 0 Å². The van der Waals surface area contributed by atoms with Crippen molar-refractivity contribution in [3.63, 3.8) is 0 Å². The average Bonchev–Trinajstić information content (AvgIpc) is 3.11. The number of nitrogens with zero attached hydrogens (tertiary/aromatic N) is 4. The quantitative estimate of drug-likeness (QED) is 0.380. The summed E-state index contributed by atoms with van der Waals surface area (Å²) in [5, 5.41) is 10.0. The van der Waals surface area contributed by atoms with E-state index in [2.05, 4.69) is 22.4 Å². The highest BCUT2D eigenvalue weighted by molar-refractivity contribution is 7.08. The van der Waals surface area contributed by atoms with E-state index in [4.69, 9.17) is 4.74 Å². The first-order chi connectivity index (χ1) is 13.9. The van der Waals surface area contributed by atoms with Crippen LogP contribution in [0.1, 0.15) is 23.6 Å². The van der Waals surface area contributed by atoms with E-state index < -0.39 is 0 Å². The number of aromatic nitrogens is 1. The molecule has 3 rings (SSSR count). The van der Waals surface area contributed by atoms with Gasteiger partial charge >= 0.3 is 0 Å². The van der Waals surface area contributed by atoms with Gasteiger partial charge in [0.25, 0.3) is 0 Å². The molecule has 2 aromatic carbocycles. The van der Waals surface area contributed by atoms with Gasteiger partial charge in [0.05, 0.1) is 12.0 Å². The first kappa shape index (κ1) is 20.5. The molecule has 0 radical (unpaired) electrons. The Morgan fingerprint density at radius 3 is 2.76 bits per heavy atom. The summed E-state index contributed by atoms with van der Waals surface area (Å²) in [4.78, 5) is 6.51. The van der Waals surface area contributed by atoms with E-state index in [0.717, 1.165) is 34.9 Å². The van der Waals surface area contributed by atoms with Gasteiger partial charge in [0.1, 0.15) is 28.9 Å². The molecule has 3 aromatic rings. The van der Waals surface area contributed by atoms with Gasteiger partial charge in [-0.05, 0) is 56.2 Å². The van der Waals surface area contributed by atoms with E-state index in [9.17, 15) is 9.65 Å². The van der Waals surface area contributed by atoms with Crippen LogP contribution < -0.4 is 4.74 Å². The Balaban J connectivity index is 1.92. The molecule has 0 fully saturated rings. The van der Waals surface area contributed by atoms with Crippen LogP contribution in [-0.4, -0.2) is 29.2 Å². The molecule has 5 nitrogen and oxygen atoms in total. The first-order valence-corrected chi connectivity index (χ1v) is 9.89. The van der Waals surface area contributed by atoms with Crippen molar-refractivity contribution in [1.29, 1.82) is 5.26 Å². The highest BCUT2D eigenvalue weighted by Gasteiger charge is 2.18. The highest BCUT2D eigenvalue weighted by Crippen LogP contribution is 2.38. The smallest absolute Gasteiger partial charge is 0.218 e. The van der Waals surface area contributed by atoms with Gasteiger partial charge < -0.3 is 9.64 Å². The van der Waals surface area contributed by atoms with Crippen LogP contribution in [-0.2, 0) is 0 Å². The van der Waals surface area contributed by atoms with Crippen LogP contribution in [0.4, 0.5) is 10.1 Å². The van der Waals surface area contributed by atoms with E-state index in [1.165, 1.54) is 12.1 Å². The molecule has 7 heteroatoms. The summed E-state index contributed by atoms with van der Waals surface area (Å²) >= 11 is 1.08. The molecule has 0 unspecified atom stereocenters. The lowest BCUT2D eigenvalue weighted by molar-refractivity contribution is 0.491. The first-order valence-electron chi connectivity index (χ1n) is 9.12. The molecule has 0 spiro atoms. The third-order valence-corrected chi connectivity index (χ3v) is 5.19. The molecule has 29 heavy (non-hydrogen) atoms. The molecule has 0 aliphatic rings. The molecule has 1 aromatic heterocycles. The van der Waals surface area contributed by atoms with Crippen molar-refractivity contribution >= 4 is 23.6 Å². The van der Waals surface area contributed by atoms with Crippen molar-refractivity contribution in [2.45, 2.75) is 20.8 Å². The van der Waals surface area contributed by atoms with Gasteiger partial charge in [-0.1, -0.05) is 12.1 Å². The summed E-state index contributed by atoms with van der Waals surface area (Å²) in [5.74, 6) is 0.259. The molecule has 1 heterocycles. The third kappa shape index (κ3) is 4.61. The number of aryl methyl sites for hydroxylation is 2. The number of hydrogen-bond donors (Lipinski definition) is 0. The second-order valence-corrected chi connectivity index (χ2v) is 7.38. The van der Waals surface area contributed by atoms with Crippen LogP contribution in [0.15, 0.2) is 41.4 Å². The summed E-state index contributed by atoms with van der Waals surface area (Å²) < 4.78 is 23.9. The van der Waals surface area contributed by atoms with E-state index in [1.54, 1.807) is 18.5 Å². The second kappa shape index (κ2) is 8.84. The average molecular weight is 409 g/mol. The normalized spacial score (nSPS) is 10.9. The summed E-state index contributed by atoms with van der Waals surface area (Å²) in [6, 6.07) is 12.0. The summed E-state index contributed by atoms with van der Waals surface area (Å²) in [6.45, 7) is 6.82. The SMILES string of the molecule is CCN(C)C=Nc1cc(C)c(Oc2snc(-c3cccc(F)c3)c2C#N)cc1C. The number of aliphatic imine (C=N–C) groups is 1. The fraction of sp³-hybridized carbons (Fsp3) is 0.227. The van der Waals surface area contributed by atoms with Crippen LogP contribution in [0, 0.1) is 31.0 Å². The Morgan fingerprint density at radius 1 is 1.28 bits per heavy atom. The van der Waals surface area contributed by atoms with E-state index in [1.807, 2.05) is 37.9 Å². The lowest BCUT2D eigenvalue weighted by Gasteiger charge is -2.12. The lowest BCUT2D eigenvalue weighted by Crippen LogP contribution is -2.14. The summed E-state index contributed by atoms with van der Waals surface area (Å²) in [7, 11) is 1.96. The lowest BCUT2D eigenvalue weighted by atomic mass is 10.1. The fourth-order valence-corrected chi connectivity index (χ4v) is 3.37. The van der Waals surface area contributed by atoms with Gasteiger partial charge in [-0.3, -0.25) is 0 Å². The Bertz CT molecular complexity index is 1100. The number of nitriles is 1. The molecule has 0 bridgehead atoms. The van der Waals surface area contributed by atoms with Gasteiger partial charge in [-0.15, -0.1) is 0 Å². The van der Waals surface area contributed by atoms with Crippen molar-refractivity contribution in [3.05, 3.63) is 58.9 Å². The number of benzene rings is 2. The molecule has 0 atom stereocenters. The van der Waals surface area contributed by atoms with Gasteiger partial charge in [0, 0.05) is 30.7 Å². The molecule has 0 saturated carbocycles. The van der Waals surface area contributed by atoms with Gasteiger partial charge in [0.2, 0.25) is 5.06 Å². The maximum Gasteiger partial charge on any atom is 0.218 e. The van der Waals surface area contributed by atoms with Crippen molar-refractivity contribution in [2.24, 2.45) is 4.99 Å². The Kier molecular flexibility index (Phi) is 6.25. The molecular formula is C22H21FN4OS. The molecular weight excluding hydrogens is 387 g/mol. The Hall–Kier alpha value is -3.24. The topological polar surface area (TPSA) is 61.5 Å². The van der Waals surface area contributed by atoms with Crippen molar-refractivity contribution in [3.8, 4) is 28.1 Å². The number of hydrogen-bond acceptors (Lipinski definition) is 5. The molecule has 0 N–H and O–H groups in total. The zero-order chi connectivity index (χ0) is 21.0. The largest absolute Gasteiger partial charge is 0.443 e. The highest BCUT2D eigenvalue weighted by atomic mass is 32.1. The molecule has 0 saturated heterocycles. The predicted octanol–water partition coefficient (Wildman–Crippen LogP) is 5.84. The number of halogens is 1. The van der Waals surface area contributed by atoms with Crippen LogP contribution in [0.5, 0.6) is 10.8 Å². The Morgan fingerprint density at radius 2 is 2.07 bits per heavy atom. The molecule has 0 aliphatic carbocycles. The minimum Gasteiger partial charge on any atom is -0.443 e. The predicted molar refractivity (Wildman–Crippen MR) is 115 cm³/mol. The minimum atomic E-state index is -0.377. The van der Waals surface area contributed by atoms with Gasteiger partial charge in [-0.25, -0.2) is 9.38 Å². The number of ether oxygens (including phenoxy) is 1. The minimum absolute atomic E-state index is 0.296. The van der Waals surface area contributed by atoms with Gasteiger partial charge in [-0.2, -0.15) is 9.64 Å². The second-order valence-electron chi connectivity index (χ2n) is 6.64. The fourth-order valence-electron chi connectivity index (χ4n) is 2.64. The van der Waals surface area contributed by atoms with Crippen LogP contribution in [0.25, 0.3) is 11.3 Å². The van der Waals surface area contributed by atoms with E-state index in [0.29, 0.717) is 27.6 Å². The monoisotopic (exact) mass is 408 g/mol. The van der Waals surface area contributed by atoms with Crippen LogP contribution in [0.3, 0.4) is 0 Å². The summed E-state index contributed by atoms with van der Waals surface area (Å²) in [6.07, 6.45) is 1.80. The van der Waals surface area contributed by atoms with Crippen molar-refractivity contribution < 1.29 is 9.13 Å². The van der Waals surface area contributed by atoms with Crippen LogP contribution in [0.2, 0.25) is 0 Å². The van der Waals surface area contributed by atoms with Crippen molar-refractivity contribution in [2.75, 3.05) is 13.6 Å². The third-order valence-electron chi connectivity index (χ3n) is 4.46. The zero-order valence-corrected chi connectivity index (χ0v) is 17.5. The number of rotatable bonds is 6. The standard InChI is InChI=1S/C22H21FN4OS/c1-5-27(4)13-25-19-9-15(3)20(10-14(19)2)28-22-18(12-24)21(26-29-22)16-7-6-8-17(23)11-16/h6-11,13H,5H2,1-4H3. The molecule has 0 aliphatic heterocycles. The van der Waals surface area contributed by atoms with E-state index in [-0.39, 0.29) is 5.82 Å². The molecule has 148 valence electrons. The maximum atomic E-state index is 13.6. The summed E-state index contributed by atoms with van der Waals surface area (Å²) in [5.41, 5.74) is 3.98. The molecule has 0 amide bonds. The van der Waals surface area contributed by atoms with Gasteiger partial charge in [0.15, 0.2) is 0 Å². The van der Waals surface area contributed by atoms with Crippen LogP contribution >= 0.6 is 11.5 Å². The maximum absolute atomic E-state index is 13.6.